The normalized spacial score (nSPS) is 13.2. The van der Waals surface area contributed by atoms with E-state index in [9.17, 15) is 9.90 Å². The Morgan fingerprint density at radius 3 is 3.11 bits per heavy atom. The molecule has 1 N–H and O–H groups in total. The molecule has 0 amide bonds. The molecule has 18 heavy (non-hydrogen) atoms. The molecule has 6 nitrogen and oxygen atoms in total. The van der Waals surface area contributed by atoms with Crippen molar-refractivity contribution in [2.75, 3.05) is 7.11 Å². The third-order valence-corrected chi connectivity index (χ3v) is 3.16. The molecule has 1 aliphatic heterocycles. The Hall–Kier alpha value is -2.08. The quantitative estimate of drug-likeness (QED) is 0.842. The van der Waals surface area contributed by atoms with E-state index in [0.29, 0.717) is 24.7 Å². The second kappa shape index (κ2) is 3.99. The third-order valence-electron chi connectivity index (χ3n) is 3.16. The Labute approximate surface area is 103 Å². The molecule has 6 heteroatoms. The number of methoxy groups -OCH3 is 1. The van der Waals surface area contributed by atoms with E-state index in [2.05, 4.69) is 4.98 Å². The summed E-state index contributed by atoms with van der Waals surface area (Å²) in [6.07, 6.45) is 3.40. The predicted molar refractivity (Wildman–Crippen MR) is 64.3 cm³/mol. The highest BCUT2D eigenvalue weighted by molar-refractivity contribution is 5.61. The topological polar surface area (TPSA) is 69.3 Å². The average Bonchev–Trinajstić information content (AvgIpc) is 2.77. The largest absolute Gasteiger partial charge is 0.503 e. The molecule has 0 saturated carbocycles. The zero-order valence-electron chi connectivity index (χ0n) is 9.96. The van der Waals surface area contributed by atoms with E-state index in [-0.39, 0.29) is 11.2 Å². The van der Waals surface area contributed by atoms with Crippen LogP contribution in [0, 0.1) is 0 Å². The lowest BCUT2D eigenvalue weighted by Crippen LogP contribution is -2.21. The number of ether oxygens (including phenoxy) is 1. The molecule has 0 aromatic carbocycles. The van der Waals surface area contributed by atoms with E-state index in [0.717, 1.165) is 12.2 Å². The van der Waals surface area contributed by atoms with Crippen LogP contribution in [-0.4, -0.2) is 26.3 Å². The number of aromatic hydroxyl groups is 1. The molecule has 0 atom stereocenters. The number of nitrogens with zero attached hydrogens (tertiary/aromatic N) is 3. The summed E-state index contributed by atoms with van der Waals surface area (Å²) in [4.78, 5) is 15.8. The Balaban J connectivity index is 2.22. The van der Waals surface area contributed by atoms with Gasteiger partial charge in [-0.1, -0.05) is 0 Å². The monoisotopic (exact) mass is 247 g/mol. The Bertz CT molecular complexity index is 657. The van der Waals surface area contributed by atoms with Crippen LogP contribution in [0.3, 0.4) is 0 Å². The van der Waals surface area contributed by atoms with Gasteiger partial charge in [0.15, 0.2) is 11.6 Å². The van der Waals surface area contributed by atoms with Gasteiger partial charge in [-0.2, -0.15) is 0 Å². The fourth-order valence-corrected chi connectivity index (χ4v) is 2.30. The van der Waals surface area contributed by atoms with Crippen LogP contribution in [0.2, 0.25) is 0 Å². The summed E-state index contributed by atoms with van der Waals surface area (Å²) >= 11 is 0. The molecule has 3 rings (SSSR count). The van der Waals surface area contributed by atoms with E-state index in [4.69, 9.17) is 4.74 Å². The van der Waals surface area contributed by atoms with Crippen LogP contribution in [0.1, 0.15) is 5.69 Å². The van der Waals surface area contributed by atoms with E-state index in [1.54, 1.807) is 19.5 Å². The number of aryl methyl sites for hydroxylation is 1. The first-order chi connectivity index (χ1) is 8.72. The highest BCUT2D eigenvalue weighted by atomic mass is 16.5. The lowest BCUT2D eigenvalue weighted by atomic mass is 10.2. The maximum absolute atomic E-state index is 11.5. The summed E-state index contributed by atoms with van der Waals surface area (Å²) in [5.74, 6) is 0.372. The lowest BCUT2D eigenvalue weighted by molar-refractivity contribution is 0.177. The van der Waals surface area contributed by atoms with Crippen molar-refractivity contribution in [2.24, 2.45) is 0 Å². The van der Waals surface area contributed by atoms with E-state index >= 15 is 0 Å². The molecule has 3 heterocycles. The van der Waals surface area contributed by atoms with Crippen molar-refractivity contribution in [1.29, 1.82) is 0 Å². The van der Waals surface area contributed by atoms with Gasteiger partial charge in [0, 0.05) is 32.5 Å². The molecule has 0 fully saturated rings. The fraction of sp³-hybridized carbons (Fsp3) is 0.333. The summed E-state index contributed by atoms with van der Waals surface area (Å²) in [6, 6.07) is 1.37. The second-order valence-corrected chi connectivity index (χ2v) is 4.23. The third kappa shape index (κ3) is 1.46. The summed E-state index contributed by atoms with van der Waals surface area (Å²) in [5, 5.41) is 9.91. The van der Waals surface area contributed by atoms with Crippen molar-refractivity contribution in [1.82, 2.24) is 14.1 Å². The van der Waals surface area contributed by atoms with Crippen molar-refractivity contribution < 1.29 is 9.84 Å². The Morgan fingerprint density at radius 2 is 2.33 bits per heavy atom. The van der Waals surface area contributed by atoms with Crippen LogP contribution in [0.5, 0.6) is 5.75 Å². The van der Waals surface area contributed by atoms with Crippen molar-refractivity contribution in [3.05, 3.63) is 34.4 Å². The molecule has 0 bridgehead atoms. The molecule has 2 aromatic rings. The number of pyridine rings is 1. The number of imidazole rings is 1. The predicted octanol–water partition coefficient (Wildman–Crippen LogP) is 0.577. The standard InChI is InChI=1S/C12H13N3O3/c1-18-7-8-6-13-12-10-11(17)9(16)2-3-14(10)4-5-15(8)12/h2-3,6,17H,4-5,7H2,1H3. The molecule has 0 aliphatic carbocycles. The molecule has 1 aliphatic rings. The maximum atomic E-state index is 11.5. The smallest absolute Gasteiger partial charge is 0.223 e. The number of rotatable bonds is 2. The van der Waals surface area contributed by atoms with Crippen molar-refractivity contribution >= 4 is 0 Å². The van der Waals surface area contributed by atoms with Gasteiger partial charge in [-0.05, 0) is 0 Å². The minimum Gasteiger partial charge on any atom is -0.503 e. The Morgan fingerprint density at radius 1 is 1.50 bits per heavy atom. The van der Waals surface area contributed by atoms with Crippen LogP contribution in [-0.2, 0) is 24.4 Å². The van der Waals surface area contributed by atoms with Crippen molar-refractivity contribution in [3.8, 4) is 17.3 Å². The number of aromatic nitrogens is 3. The van der Waals surface area contributed by atoms with Gasteiger partial charge >= 0.3 is 0 Å². The first-order valence-corrected chi connectivity index (χ1v) is 5.68. The molecule has 94 valence electrons. The number of fused-ring (bicyclic) bond motifs is 3. The van der Waals surface area contributed by atoms with Gasteiger partial charge in [0.1, 0.15) is 5.69 Å². The molecule has 0 radical (unpaired) electrons. The van der Waals surface area contributed by atoms with Gasteiger partial charge in [-0.15, -0.1) is 0 Å². The van der Waals surface area contributed by atoms with E-state index in [1.807, 2.05) is 9.13 Å². The van der Waals surface area contributed by atoms with Gasteiger partial charge in [-0.3, -0.25) is 4.79 Å². The molecule has 0 spiro atoms. The number of hydrogen-bond acceptors (Lipinski definition) is 4. The summed E-state index contributed by atoms with van der Waals surface area (Å²) in [7, 11) is 1.62. The average molecular weight is 247 g/mol. The summed E-state index contributed by atoms with van der Waals surface area (Å²) < 4.78 is 8.92. The van der Waals surface area contributed by atoms with Crippen molar-refractivity contribution in [2.45, 2.75) is 19.7 Å². The van der Waals surface area contributed by atoms with E-state index < -0.39 is 0 Å². The summed E-state index contributed by atoms with van der Waals surface area (Å²) in [6.45, 7) is 1.91. The van der Waals surface area contributed by atoms with Gasteiger partial charge in [0.25, 0.3) is 0 Å². The van der Waals surface area contributed by atoms with E-state index in [1.165, 1.54) is 6.07 Å². The van der Waals surface area contributed by atoms with Crippen LogP contribution < -0.4 is 5.43 Å². The minimum absolute atomic E-state index is 0.243. The molecular formula is C12H13N3O3. The zero-order chi connectivity index (χ0) is 12.7. The fourth-order valence-electron chi connectivity index (χ4n) is 2.30. The molecular weight excluding hydrogens is 234 g/mol. The molecule has 0 saturated heterocycles. The first kappa shape index (κ1) is 11.0. The van der Waals surface area contributed by atoms with Crippen LogP contribution in [0.15, 0.2) is 23.3 Å². The van der Waals surface area contributed by atoms with Crippen molar-refractivity contribution in [3.63, 3.8) is 0 Å². The first-order valence-electron chi connectivity index (χ1n) is 5.68. The zero-order valence-corrected chi connectivity index (χ0v) is 9.96. The van der Waals surface area contributed by atoms with Gasteiger partial charge in [-0.25, -0.2) is 4.98 Å². The van der Waals surface area contributed by atoms with Crippen LogP contribution >= 0.6 is 0 Å². The Kier molecular flexibility index (Phi) is 2.45. The summed E-state index contributed by atoms with van der Waals surface area (Å²) in [5.41, 5.74) is 1.04. The van der Waals surface area contributed by atoms with Gasteiger partial charge in [0.2, 0.25) is 5.43 Å². The SMILES string of the molecule is COCc1cnc2n1CCn1ccc(=O)c(O)c1-2. The minimum atomic E-state index is -0.383. The van der Waals surface area contributed by atoms with Gasteiger partial charge in [0.05, 0.1) is 18.5 Å². The van der Waals surface area contributed by atoms with Crippen LogP contribution in [0.4, 0.5) is 0 Å². The lowest BCUT2D eigenvalue weighted by Gasteiger charge is -2.22. The molecule has 0 unspecified atom stereocenters. The highest BCUT2D eigenvalue weighted by Crippen LogP contribution is 2.29. The maximum Gasteiger partial charge on any atom is 0.223 e. The number of hydrogen-bond donors (Lipinski definition) is 1. The second-order valence-electron chi connectivity index (χ2n) is 4.23. The van der Waals surface area contributed by atoms with Gasteiger partial charge < -0.3 is 19.0 Å². The van der Waals surface area contributed by atoms with Crippen LogP contribution in [0.25, 0.3) is 11.5 Å². The molecule has 2 aromatic heterocycles. The highest BCUT2D eigenvalue weighted by Gasteiger charge is 2.23.